The van der Waals surface area contributed by atoms with E-state index < -0.39 is 0 Å². The second kappa shape index (κ2) is 7.20. The minimum atomic E-state index is -0.338. The summed E-state index contributed by atoms with van der Waals surface area (Å²) in [5.41, 5.74) is 0.484. The van der Waals surface area contributed by atoms with Crippen LogP contribution in [0.15, 0.2) is 42.5 Å². The van der Waals surface area contributed by atoms with Gasteiger partial charge >= 0.3 is 0 Å². The molecule has 2 rings (SSSR count). The maximum Gasteiger partial charge on any atom is 0.262 e. The molecule has 0 saturated carbocycles. The highest BCUT2D eigenvalue weighted by molar-refractivity contribution is 6.32. The number of hydrogen-bond donors (Lipinski definition) is 1. The molecule has 0 heterocycles. The van der Waals surface area contributed by atoms with Crippen LogP contribution in [-0.4, -0.2) is 19.6 Å². The number of amides is 1. The first-order valence-electron chi connectivity index (χ1n) is 6.11. The van der Waals surface area contributed by atoms with E-state index in [0.717, 1.165) is 0 Å². The van der Waals surface area contributed by atoms with Crippen molar-refractivity contribution in [3.8, 4) is 11.5 Å². The summed E-state index contributed by atoms with van der Waals surface area (Å²) in [6.45, 7) is -0.167. The molecule has 0 bridgehead atoms. The van der Waals surface area contributed by atoms with Crippen molar-refractivity contribution in [1.82, 2.24) is 0 Å². The Bertz CT molecular complexity index is 647. The Hall–Kier alpha value is -1.91. The van der Waals surface area contributed by atoms with E-state index in [9.17, 15) is 4.79 Å². The monoisotopic (exact) mass is 325 g/mol. The highest BCUT2D eigenvalue weighted by atomic mass is 35.5. The standard InChI is InChI=1S/C15H13Cl2NO3/c1-20-14-7-6-10(16)8-12(14)18-15(19)9-21-13-5-3-2-4-11(13)17/h2-8H,9H2,1H3,(H,18,19). The molecule has 1 N–H and O–H groups in total. The normalized spacial score (nSPS) is 10.0. The maximum absolute atomic E-state index is 11.9. The van der Waals surface area contributed by atoms with Crippen LogP contribution >= 0.6 is 23.2 Å². The number of methoxy groups -OCH3 is 1. The summed E-state index contributed by atoms with van der Waals surface area (Å²) in [6, 6.07) is 11.9. The van der Waals surface area contributed by atoms with Crippen molar-refractivity contribution in [2.45, 2.75) is 0 Å². The van der Waals surface area contributed by atoms with Crippen LogP contribution in [0, 0.1) is 0 Å². The van der Waals surface area contributed by atoms with Crippen LogP contribution in [0.4, 0.5) is 5.69 Å². The number of halogens is 2. The zero-order valence-electron chi connectivity index (χ0n) is 11.2. The number of benzene rings is 2. The van der Waals surface area contributed by atoms with Gasteiger partial charge in [-0.15, -0.1) is 0 Å². The first-order valence-corrected chi connectivity index (χ1v) is 6.86. The average molecular weight is 326 g/mol. The van der Waals surface area contributed by atoms with Crippen molar-refractivity contribution < 1.29 is 14.3 Å². The quantitative estimate of drug-likeness (QED) is 0.903. The van der Waals surface area contributed by atoms with Crippen LogP contribution in [0.3, 0.4) is 0 Å². The maximum atomic E-state index is 11.9. The molecular weight excluding hydrogens is 313 g/mol. The fourth-order valence-corrected chi connectivity index (χ4v) is 2.03. The number of para-hydroxylation sites is 1. The van der Waals surface area contributed by atoms with Crippen molar-refractivity contribution in [1.29, 1.82) is 0 Å². The molecule has 0 aliphatic rings. The summed E-state index contributed by atoms with van der Waals surface area (Å²) in [5, 5.41) is 3.62. The molecule has 0 fully saturated rings. The van der Waals surface area contributed by atoms with Crippen LogP contribution < -0.4 is 14.8 Å². The van der Waals surface area contributed by atoms with Crippen LogP contribution in [-0.2, 0) is 4.79 Å². The molecule has 0 spiro atoms. The van der Waals surface area contributed by atoms with Gasteiger partial charge in [0.1, 0.15) is 11.5 Å². The molecule has 0 aliphatic carbocycles. The van der Waals surface area contributed by atoms with Gasteiger partial charge in [0, 0.05) is 5.02 Å². The van der Waals surface area contributed by atoms with Crippen molar-refractivity contribution in [2.24, 2.45) is 0 Å². The molecule has 0 radical (unpaired) electrons. The van der Waals surface area contributed by atoms with Crippen molar-refractivity contribution in [3.05, 3.63) is 52.5 Å². The second-order valence-corrected chi connectivity index (χ2v) is 4.96. The van der Waals surface area contributed by atoms with Gasteiger partial charge in [0.05, 0.1) is 17.8 Å². The number of rotatable bonds is 5. The summed E-state index contributed by atoms with van der Waals surface area (Å²) in [7, 11) is 1.51. The molecule has 6 heteroatoms. The lowest BCUT2D eigenvalue weighted by Gasteiger charge is -2.11. The molecule has 0 unspecified atom stereocenters. The number of nitrogens with one attached hydrogen (secondary N) is 1. The van der Waals surface area contributed by atoms with Gasteiger partial charge in [0.2, 0.25) is 0 Å². The van der Waals surface area contributed by atoms with E-state index in [1.165, 1.54) is 7.11 Å². The number of anilines is 1. The SMILES string of the molecule is COc1ccc(Cl)cc1NC(=O)COc1ccccc1Cl. The van der Waals surface area contributed by atoms with Crippen molar-refractivity contribution in [2.75, 3.05) is 19.0 Å². The largest absolute Gasteiger partial charge is 0.495 e. The third-order valence-corrected chi connectivity index (χ3v) is 3.18. The van der Waals surface area contributed by atoms with Gasteiger partial charge in [0.15, 0.2) is 6.61 Å². The molecule has 21 heavy (non-hydrogen) atoms. The lowest BCUT2D eigenvalue weighted by molar-refractivity contribution is -0.118. The van der Waals surface area contributed by atoms with Gasteiger partial charge in [-0.2, -0.15) is 0 Å². The second-order valence-electron chi connectivity index (χ2n) is 4.11. The van der Waals surface area contributed by atoms with E-state index in [1.54, 1.807) is 42.5 Å². The lowest BCUT2D eigenvalue weighted by Crippen LogP contribution is -2.20. The van der Waals surface area contributed by atoms with Crippen LogP contribution in [0.1, 0.15) is 0 Å². The van der Waals surface area contributed by atoms with Gasteiger partial charge in [-0.1, -0.05) is 35.3 Å². The Labute approximate surface area is 132 Å². The molecule has 0 atom stereocenters. The highest BCUT2D eigenvalue weighted by Crippen LogP contribution is 2.28. The summed E-state index contributed by atoms with van der Waals surface area (Å²) >= 11 is 11.8. The fraction of sp³-hybridized carbons (Fsp3) is 0.133. The predicted molar refractivity (Wildman–Crippen MR) is 83.6 cm³/mol. The number of carbonyl (C=O) groups is 1. The summed E-state index contributed by atoms with van der Waals surface area (Å²) in [4.78, 5) is 11.9. The van der Waals surface area contributed by atoms with Crippen LogP contribution in [0.2, 0.25) is 10.0 Å². The van der Waals surface area contributed by atoms with E-state index in [4.69, 9.17) is 32.7 Å². The number of ether oxygens (including phenoxy) is 2. The average Bonchev–Trinajstić information content (AvgIpc) is 2.47. The first kappa shape index (κ1) is 15.5. The molecule has 2 aromatic carbocycles. The topological polar surface area (TPSA) is 47.6 Å². The molecular formula is C15H13Cl2NO3. The van der Waals surface area contributed by atoms with Crippen LogP contribution in [0.25, 0.3) is 0 Å². The smallest absolute Gasteiger partial charge is 0.262 e. The molecule has 0 saturated heterocycles. The summed E-state index contributed by atoms with van der Waals surface area (Å²) < 4.78 is 10.5. The molecule has 1 amide bonds. The Morgan fingerprint density at radius 2 is 1.90 bits per heavy atom. The van der Waals surface area contributed by atoms with E-state index in [1.807, 2.05) is 0 Å². The number of hydrogen-bond acceptors (Lipinski definition) is 3. The molecule has 110 valence electrons. The van der Waals surface area contributed by atoms with Crippen molar-refractivity contribution in [3.63, 3.8) is 0 Å². The van der Waals surface area contributed by atoms with Gasteiger partial charge in [0.25, 0.3) is 5.91 Å². The van der Waals surface area contributed by atoms with Gasteiger partial charge in [-0.3, -0.25) is 4.79 Å². The molecule has 0 aliphatic heterocycles. The van der Waals surface area contributed by atoms with Gasteiger partial charge < -0.3 is 14.8 Å². The molecule has 4 nitrogen and oxygen atoms in total. The highest BCUT2D eigenvalue weighted by Gasteiger charge is 2.10. The third kappa shape index (κ3) is 4.28. The lowest BCUT2D eigenvalue weighted by atomic mass is 10.3. The van der Waals surface area contributed by atoms with E-state index >= 15 is 0 Å². The molecule has 2 aromatic rings. The van der Waals surface area contributed by atoms with Crippen molar-refractivity contribution >= 4 is 34.8 Å². The summed E-state index contributed by atoms with van der Waals surface area (Å²) in [6.07, 6.45) is 0. The minimum absolute atomic E-state index is 0.167. The molecule has 0 aromatic heterocycles. The van der Waals surface area contributed by atoms with E-state index in [-0.39, 0.29) is 12.5 Å². The Balaban J connectivity index is 1.99. The van der Waals surface area contributed by atoms with Gasteiger partial charge in [-0.25, -0.2) is 0 Å². The predicted octanol–water partition coefficient (Wildman–Crippen LogP) is 4.02. The fourth-order valence-electron chi connectivity index (χ4n) is 1.67. The first-order chi connectivity index (χ1) is 10.1. The van der Waals surface area contributed by atoms with E-state index in [2.05, 4.69) is 5.32 Å². The summed E-state index contributed by atoms with van der Waals surface area (Å²) in [5.74, 6) is 0.633. The number of carbonyl (C=O) groups excluding carboxylic acids is 1. The Morgan fingerprint density at radius 1 is 1.14 bits per heavy atom. The third-order valence-electron chi connectivity index (χ3n) is 2.63. The Morgan fingerprint density at radius 3 is 2.62 bits per heavy atom. The van der Waals surface area contributed by atoms with Gasteiger partial charge in [-0.05, 0) is 30.3 Å². The minimum Gasteiger partial charge on any atom is -0.495 e. The zero-order valence-corrected chi connectivity index (χ0v) is 12.7. The Kier molecular flexibility index (Phi) is 5.31. The van der Waals surface area contributed by atoms with Crippen LogP contribution in [0.5, 0.6) is 11.5 Å². The zero-order chi connectivity index (χ0) is 15.2. The van der Waals surface area contributed by atoms with E-state index in [0.29, 0.717) is 27.2 Å².